The predicted molar refractivity (Wildman–Crippen MR) is 83.2 cm³/mol. The number of nitrogens with zero attached hydrogens (tertiary/aromatic N) is 1. The monoisotopic (exact) mass is 312 g/mol. The molecule has 2 aromatic rings. The van der Waals surface area contributed by atoms with E-state index >= 15 is 0 Å². The van der Waals surface area contributed by atoms with Crippen LogP contribution in [-0.4, -0.2) is 29.1 Å². The number of phenols is 1. The summed E-state index contributed by atoms with van der Waals surface area (Å²) in [5.41, 5.74) is 1.25. The van der Waals surface area contributed by atoms with Crippen LogP contribution < -0.4 is 5.32 Å². The van der Waals surface area contributed by atoms with Crippen LogP contribution in [0.15, 0.2) is 42.7 Å². The number of amides is 1. The maximum atomic E-state index is 12.3. The molecular formula is C17H16N2O4. The van der Waals surface area contributed by atoms with Crippen LogP contribution in [-0.2, 0) is 9.53 Å². The smallest absolute Gasteiger partial charge is 0.341 e. The van der Waals surface area contributed by atoms with Gasteiger partial charge in [0.15, 0.2) is 5.75 Å². The minimum absolute atomic E-state index is 0.0184. The number of esters is 1. The molecule has 0 unspecified atom stereocenters. The minimum Gasteiger partial charge on any atom is -0.505 e. The first-order chi connectivity index (χ1) is 11.1. The molecule has 0 spiro atoms. The molecule has 0 radical (unpaired) electrons. The number of hydrogen-bond acceptors (Lipinski definition) is 5. The molecule has 0 saturated heterocycles. The Morgan fingerprint density at radius 2 is 2.13 bits per heavy atom. The minimum atomic E-state index is -0.654. The maximum Gasteiger partial charge on any atom is 0.341 e. The summed E-state index contributed by atoms with van der Waals surface area (Å²) < 4.78 is 4.59. The fourth-order valence-corrected chi connectivity index (χ4v) is 2.59. The summed E-state index contributed by atoms with van der Waals surface area (Å²) >= 11 is 0. The zero-order valence-electron chi connectivity index (χ0n) is 12.5. The summed E-state index contributed by atoms with van der Waals surface area (Å²) in [6.45, 7) is 0. The average Bonchev–Trinajstić information content (AvgIpc) is 3.37. The fraction of sp³-hybridized carbons (Fsp3) is 0.235. The number of anilines is 1. The van der Waals surface area contributed by atoms with Gasteiger partial charge in [-0.1, -0.05) is 12.1 Å². The molecule has 2 N–H and O–H groups in total. The summed E-state index contributed by atoms with van der Waals surface area (Å²) in [6.07, 6.45) is 4.19. The Morgan fingerprint density at radius 1 is 1.30 bits per heavy atom. The van der Waals surface area contributed by atoms with E-state index in [2.05, 4.69) is 15.0 Å². The molecule has 3 rings (SSSR count). The molecule has 118 valence electrons. The van der Waals surface area contributed by atoms with Crippen molar-refractivity contribution in [3.05, 3.63) is 53.9 Å². The third kappa shape index (κ3) is 3.01. The Bertz CT molecular complexity index is 746. The Labute approximate surface area is 133 Å². The summed E-state index contributed by atoms with van der Waals surface area (Å²) in [6, 6.07) is 8.34. The lowest BCUT2D eigenvalue weighted by atomic mass is 10.1. The van der Waals surface area contributed by atoms with E-state index in [0.29, 0.717) is 0 Å². The highest BCUT2D eigenvalue weighted by atomic mass is 16.5. The standard InChI is InChI=1S/C17H16N2O4/c1-23-17(22)11-5-2-6-14(15(11)20)19-16(21)13-8-12(13)10-4-3-7-18-9-10/h2-7,9,12-13,20H,8H2,1H3,(H,19,21)/t12-,13+/m1/s1. The lowest BCUT2D eigenvalue weighted by Crippen LogP contribution is -2.15. The lowest BCUT2D eigenvalue weighted by Gasteiger charge is -2.10. The summed E-state index contributed by atoms with van der Waals surface area (Å²) in [5.74, 6) is -1.13. The molecule has 1 aliphatic rings. The van der Waals surface area contributed by atoms with Gasteiger partial charge in [-0.2, -0.15) is 0 Å². The molecule has 1 amide bonds. The lowest BCUT2D eigenvalue weighted by molar-refractivity contribution is -0.117. The van der Waals surface area contributed by atoms with Gasteiger partial charge in [-0.05, 0) is 36.1 Å². The van der Waals surface area contributed by atoms with Crippen LogP contribution in [0.5, 0.6) is 5.75 Å². The number of rotatable bonds is 4. The summed E-state index contributed by atoms with van der Waals surface area (Å²) in [4.78, 5) is 27.9. The second-order valence-corrected chi connectivity index (χ2v) is 5.42. The maximum absolute atomic E-state index is 12.3. The van der Waals surface area contributed by atoms with Gasteiger partial charge in [-0.25, -0.2) is 4.79 Å². The van der Waals surface area contributed by atoms with E-state index < -0.39 is 5.97 Å². The molecule has 1 heterocycles. The van der Waals surface area contributed by atoms with Gasteiger partial charge >= 0.3 is 5.97 Å². The normalized spacial score (nSPS) is 19.0. The van der Waals surface area contributed by atoms with Gasteiger partial charge in [0.05, 0.1) is 12.8 Å². The first-order valence-electron chi connectivity index (χ1n) is 7.23. The zero-order valence-corrected chi connectivity index (χ0v) is 12.5. The van der Waals surface area contributed by atoms with Crippen molar-refractivity contribution in [2.24, 2.45) is 5.92 Å². The average molecular weight is 312 g/mol. The third-order valence-electron chi connectivity index (χ3n) is 3.94. The molecule has 1 aromatic heterocycles. The molecule has 6 nitrogen and oxygen atoms in total. The van der Waals surface area contributed by atoms with E-state index in [1.54, 1.807) is 24.5 Å². The van der Waals surface area contributed by atoms with Crippen LogP contribution in [0.2, 0.25) is 0 Å². The second-order valence-electron chi connectivity index (χ2n) is 5.42. The van der Waals surface area contributed by atoms with Gasteiger partial charge in [-0.3, -0.25) is 9.78 Å². The quantitative estimate of drug-likeness (QED) is 0.668. The largest absolute Gasteiger partial charge is 0.505 e. The Hall–Kier alpha value is -2.89. The van der Waals surface area contributed by atoms with Crippen molar-refractivity contribution in [1.29, 1.82) is 0 Å². The van der Waals surface area contributed by atoms with Crippen LogP contribution in [0.3, 0.4) is 0 Å². The number of aromatic hydroxyl groups is 1. The number of pyridine rings is 1. The molecule has 2 atom stereocenters. The van der Waals surface area contributed by atoms with Crippen LogP contribution in [0, 0.1) is 5.92 Å². The number of nitrogens with one attached hydrogen (secondary N) is 1. The van der Waals surface area contributed by atoms with Crippen LogP contribution in [0.4, 0.5) is 5.69 Å². The van der Waals surface area contributed by atoms with Crippen molar-refractivity contribution < 1.29 is 19.4 Å². The fourth-order valence-electron chi connectivity index (χ4n) is 2.59. The number of benzene rings is 1. The Morgan fingerprint density at radius 3 is 2.83 bits per heavy atom. The number of methoxy groups -OCH3 is 1. The van der Waals surface area contributed by atoms with Gasteiger partial charge in [-0.15, -0.1) is 0 Å². The second kappa shape index (κ2) is 6.08. The summed E-state index contributed by atoms with van der Waals surface area (Å²) in [5, 5.41) is 12.8. The molecule has 23 heavy (non-hydrogen) atoms. The highest BCUT2D eigenvalue weighted by Gasteiger charge is 2.44. The predicted octanol–water partition coefficient (Wildman–Crippen LogP) is 2.32. The Balaban J connectivity index is 1.71. The molecule has 1 fully saturated rings. The number of phenolic OH excluding ortho intramolecular Hbond substituents is 1. The van der Waals surface area contributed by atoms with Gasteiger partial charge in [0.1, 0.15) is 5.56 Å². The van der Waals surface area contributed by atoms with E-state index in [0.717, 1.165) is 12.0 Å². The van der Waals surface area contributed by atoms with Crippen molar-refractivity contribution in [2.45, 2.75) is 12.3 Å². The van der Waals surface area contributed by atoms with Crippen molar-refractivity contribution in [3.8, 4) is 5.75 Å². The number of hydrogen-bond donors (Lipinski definition) is 2. The first kappa shape index (κ1) is 15.0. The Kier molecular flexibility index (Phi) is 3.97. The van der Waals surface area contributed by atoms with Gasteiger partial charge in [0, 0.05) is 18.3 Å². The van der Waals surface area contributed by atoms with Gasteiger partial charge in [0.2, 0.25) is 5.91 Å². The van der Waals surface area contributed by atoms with Crippen LogP contribution in [0.1, 0.15) is 28.3 Å². The molecule has 1 aliphatic carbocycles. The SMILES string of the molecule is COC(=O)c1cccc(NC(=O)[C@H]2C[C@@H]2c2cccnc2)c1O. The van der Waals surface area contributed by atoms with E-state index in [9.17, 15) is 14.7 Å². The van der Waals surface area contributed by atoms with Crippen molar-refractivity contribution in [2.75, 3.05) is 12.4 Å². The van der Waals surface area contributed by atoms with E-state index in [1.165, 1.54) is 13.2 Å². The number of para-hydroxylation sites is 1. The molecule has 0 bridgehead atoms. The van der Waals surface area contributed by atoms with Crippen molar-refractivity contribution >= 4 is 17.6 Å². The number of aromatic nitrogens is 1. The molecule has 1 aromatic carbocycles. The zero-order chi connectivity index (χ0) is 16.4. The van der Waals surface area contributed by atoms with E-state index in [-0.39, 0.29) is 34.7 Å². The highest BCUT2D eigenvalue weighted by molar-refractivity contribution is 6.00. The molecule has 0 aliphatic heterocycles. The number of ether oxygens (including phenoxy) is 1. The topological polar surface area (TPSA) is 88.5 Å². The molecule has 6 heteroatoms. The molecule has 1 saturated carbocycles. The van der Waals surface area contributed by atoms with Crippen LogP contribution >= 0.6 is 0 Å². The van der Waals surface area contributed by atoms with E-state index in [1.807, 2.05) is 12.1 Å². The van der Waals surface area contributed by atoms with Gasteiger partial charge < -0.3 is 15.2 Å². The van der Waals surface area contributed by atoms with Crippen molar-refractivity contribution in [3.63, 3.8) is 0 Å². The first-order valence-corrected chi connectivity index (χ1v) is 7.23. The molecular weight excluding hydrogens is 296 g/mol. The van der Waals surface area contributed by atoms with Crippen LogP contribution in [0.25, 0.3) is 0 Å². The van der Waals surface area contributed by atoms with E-state index in [4.69, 9.17) is 0 Å². The number of carbonyl (C=O) groups is 2. The van der Waals surface area contributed by atoms with Crippen molar-refractivity contribution in [1.82, 2.24) is 4.98 Å². The highest BCUT2D eigenvalue weighted by Crippen LogP contribution is 2.48. The summed E-state index contributed by atoms with van der Waals surface area (Å²) in [7, 11) is 1.23. The number of carbonyl (C=O) groups excluding carboxylic acids is 2. The van der Waals surface area contributed by atoms with Gasteiger partial charge in [0.25, 0.3) is 0 Å². The third-order valence-corrected chi connectivity index (χ3v) is 3.94.